The molecule has 2 N–H and O–H groups in total. The lowest BCUT2D eigenvalue weighted by Crippen LogP contribution is -2.06. The molecule has 0 aliphatic carbocycles. The summed E-state index contributed by atoms with van der Waals surface area (Å²) in [6.45, 7) is 6.11. The van der Waals surface area contributed by atoms with Gasteiger partial charge in [0.2, 0.25) is 0 Å². The number of halogens is 1. The number of rotatable bonds is 2. The molecule has 94 valence electrons. The minimum Gasteiger partial charge on any atom is -0.383 e. The van der Waals surface area contributed by atoms with Crippen LogP contribution in [0.3, 0.4) is 0 Å². The van der Waals surface area contributed by atoms with Gasteiger partial charge < -0.3 is 5.73 Å². The zero-order chi connectivity index (χ0) is 13.3. The number of nitrogens with two attached hydrogens (primary N) is 1. The molecule has 0 aliphatic heterocycles. The molecule has 1 aromatic heterocycles. The van der Waals surface area contributed by atoms with E-state index in [9.17, 15) is 0 Å². The number of aromatic nitrogens is 2. The van der Waals surface area contributed by atoms with Gasteiger partial charge >= 0.3 is 0 Å². The van der Waals surface area contributed by atoms with Crippen LogP contribution in [-0.2, 0) is 0 Å². The molecule has 1 heterocycles. The first-order valence-corrected chi connectivity index (χ1v) is 6.27. The van der Waals surface area contributed by atoms with Crippen LogP contribution in [-0.4, -0.2) is 9.97 Å². The molecule has 2 aromatic rings. The van der Waals surface area contributed by atoms with Crippen molar-refractivity contribution in [3.05, 3.63) is 40.5 Å². The van der Waals surface area contributed by atoms with E-state index in [1.807, 2.05) is 31.2 Å². The summed E-state index contributed by atoms with van der Waals surface area (Å²) in [5.74, 6) is 1.43. The summed E-state index contributed by atoms with van der Waals surface area (Å²) >= 11 is 6.14. The second kappa shape index (κ2) is 4.94. The summed E-state index contributed by atoms with van der Waals surface area (Å²) in [6, 6.07) is 7.50. The van der Waals surface area contributed by atoms with Gasteiger partial charge in [-0.15, -0.1) is 0 Å². The average Bonchev–Trinajstić information content (AvgIpc) is 2.27. The molecular formula is C14H16ClN3. The Morgan fingerprint density at radius 1 is 1.17 bits per heavy atom. The molecule has 0 amide bonds. The van der Waals surface area contributed by atoms with Crippen molar-refractivity contribution in [2.45, 2.75) is 26.7 Å². The summed E-state index contributed by atoms with van der Waals surface area (Å²) in [5.41, 5.74) is 8.74. The Hall–Kier alpha value is -1.61. The Morgan fingerprint density at radius 3 is 2.39 bits per heavy atom. The minimum atomic E-state index is 0.310. The topological polar surface area (TPSA) is 51.8 Å². The third-order valence-electron chi connectivity index (χ3n) is 2.86. The second-order valence-electron chi connectivity index (χ2n) is 4.57. The van der Waals surface area contributed by atoms with Crippen LogP contribution in [0, 0.1) is 6.92 Å². The largest absolute Gasteiger partial charge is 0.383 e. The Labute approximate surface area is 112 Å². The van der Waals surface area contributed by atoms with Gasteiger partial charge in [0.15, 0.2) is 5.82 Å². The van der Waals surface area contributed by atoms with Crippen molar-refractivity contribution in [2.24, 2.45) is 0 Å². The van der Waals surface area contributed by atoms with Crippen molar-refractivity contribution in [3.63, 3.8) is 0 Å². The van der Waals surface area contributed by atoms with Crippen LogP contribution in [0.1, 0.15) is 31.0 Å². The Kier molecular flexibility index (Phi) is 3.53. The minimum absolute atomic E-state index is 0.310. The van der Waals surface area contributed by atoms with E-state index in [1.165, 1.54) is 0 Å². The second-order valence-corrected chi connectivity index (χ2v) is 4.97. The predicted octanol–water partition coefficient (Wildman–Crippen LogP) is 3.81. The van der Waals surface area contributed by atoms with E-state index in [-0.39, 0.29) is 0 Å². The van der Waals surface area contributed by atoms with E-state index >= 15 is 0 Å². The van der Waals surface area contributed by atoms with Crippen molar-refractivity contribution < 1.29 is 0 Å². The molecule has 0 fully saturated rings. The standard InChI is InChI=1S/C14H16ClN3/c1-8(2)12-9(3)17-14(18-13(12)16)10-6-4-5-7-11(10)15/h4-8H,1-3H3,(H2,16,17,18). The Bertz CT molecular complexity index is 556. The molecule has 0 bridgehead atoms. The fraction of sp³-hybridized carbons (Fsp3) is 0.286. The third kappa shape index (κ3) is 2.31. The van der Waals surface area contributed by atoms with Gasteiger partial charge in [-0.3, -0.25) is 0 Å². The number of aryl methyl sites for hydroxylation is 1. The number of hydrogen-bond acceptors (Lipinski definition) is 3. The molecule has 0 atom stereocenters. The lowest BCUT2D eigenvalue weighted by Gasteiger charge is -2.13. The van der Waals surface area contributed by atoms with Crippen LogP contribution >= 0.6 is 11.6 Å². The monoisotopic (exact) mass is 261 g/mol. The summed E-state index contributed by atoms with van der Waals surface area (Å²) in [5, 5.41) is 0.633. The van der Waals surface area contributed by atoms with Gasteiger partial charge in [0.05, 0.1) is 5.02 Å². The van der Waals surface area contributed by atoms with Crippen LogP contribution in [0.5, 0.6) is 0 Å². The molecule has 18 heavy (non-hydrogen) atoms. The van der Waals surface area contributed by atoms with Crippen LogP contribution in [0.15, 0.2) is 24.3 Å². The summed E-state index contributed by atoms with van der Waals surface area (Å²) in [4.78, 5) is 8.88. The number of anilines is 1. The van der Waals surface area contributed by atoms with Crippen LogP contribution < -0.4 is 5.73 Å². The summed E-state index contributed by atoms with van der Waals surface area (Å²) < 4.78 is 0. The van der Waals surface area contributed by atoms with Crippen molar-refractivity contribution in [1.82, 2.24) is 9.97 Å². The van der Waals surface area contributed by atoms with E-state index in [1.54, 1.807) is 0 Å². The lowest BCUT2D eigenvalue weighted by atomic mass is 10.0. The van der Waals surface area contributed by atoms with Crippen molar-refractivity contribution in [2.75, 3.05) is 5.73 Å². The maximum absolute atomic E-state index is 6.14. The van der Waals surface area contributed by atoms with Crippen molar-refractivity contribution in [3.8, 4) is 11.4 Å². The Morgan fingerprint density at radius 2 is 1.83 bits per heavy atom. The van der Waals surface area contributed by atoms with Gasteiger partial charge in [-0.25, -0.2) is 9.97 Å². The maximum Gasteiger partial charge on any atom is 0.163 e. The molecule has 1 aromatic carbocycles. The molecule has 0 saturated carbocycles. The maximum atomic E-state index is 6.14. The average molecular weight is 262 g/mol. The highest BCUT2D eigenvalue weighted by atomic mass is 35.5. The van der Waals surface area contributed by atoms with E-state index in [2.05, 4.69) is 23.8 Å². The molecule has 3 nitrogen and oxygen atoms in total. The fourth-order valence-electron chi connectivity index (χ4n) is 2.08. The van der Waals surface area contributed by atoms with Crippen molar-refractivity contribution in [1.29, 1.82) is 0 Å². The quantitative estimate of drug-likeness (QED) is 0.894. The first kappa shape index (κ1) is 12.8. The molecule has 0 spiro atoms. The number of nitrogen functional groups attached to an aromatic ring is 1. The highest BCUT2D eigenvalue weighted by Crippen LogP contribution is 2.29. The van der Waals surface area contributed by atoms with Gasteiger partial charge in [0.1, 0.15) is 5.82 Å². The van der Waals surface area contributed by atoms with E-state index in [4.69, 9.17) is 17.3 Å². The van der Waals surface area contributed by atoms with Crippen LogP contribution in [0.25, 0.3) is 11.4 Å². The first-order chi connectivity index (χ1) is 8.50. The smallest absolute Gasteiger partial charge is 0.163 e. The van der Waals surface area contributed by atoms with E-state index in [0.29, 0.717) is 22.6 Å². The fourth-order valence-corrected chi connectivity index (χ4v) is 2.30. The zero-order valence-corrected chi connectivity index (χ0v) is 11.5. The molecule has 0 saturated heterocycles. The molecule has 0 unspecified atom stereocenters. The van der Waals surface area contributed by atoms with Crippen LogP contribution in [0.2, 0.25) is 5.02 Å². The third-order valence-corrected chi connectivity index (χ3v) is 3.19. The molecule has 2 rings (SSSR count). The first-order valence-electron chi connectivity index (χ1n) is 5.89. The normalized spacial score (nSPS) is 10.9. The highest BCUT2D eigenvalue weighted by molar-refractivity contribution is 6.33. The van der Waals surface area contributed by atoms with Gasteiger partial charge in [0, 0.05) is 16.8 Å². The van der Waals surface area contributed by atoms with Gasteiger partial charge in [-0.05, 0) is 25.0 Å². The van der Waals surface area contributed by atoms with E-state index < -0.39 is 0 Å². The predicted molar refractivity (Wildman–Crippen MR) is 75.7 cm³/mol. The van der Waals surface area contributed by atoms with Crippen LogP contribution in [0.4, 0.5) is 5.82 Å². The number of nitrogens with zero attached hydrogens (tertiary/aromatic N) is 2. The lowest BCUT2D eigenvalue weighted by molar-refractivity contribution is 0.836. The summed E-state index contributed by atoms with van der Waals surface area (Å²) in [7, 11) is 0. The number of hydrogen-bond donors (Lipinski definition) is 1. The number of benzene rings is 1. The van der Waals surface area contributed by atoms with E-state index in [0.717, 1.165) is 16.8 Å². The molecular weight excluding hydrogens is 246 g/mol. The SMILES string of the molecule is Cc1nc(-c2ccccc2Cl)nc(N)c1C(C)C. The highest BCUT2D eigenvalue weighted by Gasteiger charge is 2.14. The molecule has 4 heteroatoms. The van der Waals surface area contributed by atoms with Crippen molar-refractivity contribution >= 4 is 17.4 Å². The molecule has 0 radical (unpaired) electrons. The van der Waals surface area contributed by atoms with Gasteiger partial charge in [-0.1, -0.05) is 37.6 Å². The zero-order valence-electron chi connectivity index (χ0n) is 10.7. The van der Waals surface area contributed by atoms with Gasteiger partial charge in [0.25, 0.3) is 0 Å². The molecule has 0 aliphatic rings. The Balaban J connectivity index is 2.59. The summed E-state index contributed by atoms with van der Waals surface area (Å²) in [6.07, 6.45) is 0. The van der Waals surface area contributed by atoms with Gasteiger partial charge in [-0.2, -0.15) is 0 Å².